The number of thiazole rings is 1. The van der Waals surface area contributed by atoms with Gasteiger partial charge in [-0.3, -0.25) is 4.79 Å². The molecule has 0 unspecified atom stereocenters. The molecule has 0 aliphatic rings. The summed E-state index contributed by atoms with van der Waals surface area (Å²) in [7, 11) is 0. The summed E-state index contributed by atoms with van der Waals surface area (Å²) in [6.45, 7) is 1.75. The third-order valence-corrected chi connectivity index (χ3v) is 3.20. The van der Waals surface area contributed by atoms with Crippen molar-refractivity contribution in [2.75, 3.05) is 5.32 Å². The molecule has 0 aliphatic heterocycles. The van der Waals surface area contributed by atoms with Crippen LogP contribution < -0.4 is 5.32 Å². The molecule has 1 N–H and O–H groups in total. The Morgan fingerprint density at radius 3 is 3.05 bits per heavy atom. The van der Waals surface area contributed by atoms with Crippen molar-refractivity contribution in [3.63, 3.8) is 0 Å². The van der Waals surface area contributed by atoms with Gasteiger partial charge in [-0.15, -0.1) is 11.3 Å². The molecule has 0 saturated heterocycles. The third-order valence-electron chi connectivity index (χ3n) is 2.34. The number of aromatic nitrogens is 2. The van der Waals surface area contributed by atoms with Crippen LogP contribution >= 0.6 is 11.3 Å². The van der Waals surface area contributed by atoms with Gasteiger partial charge in [0.15, 0.2) is 16.6 Å². The van der Waals surface area contributed by atoms with Crippen molar-refractivity contribution in [1.82, 2.24) is 10.1 Å². The summed E-state index contributed by atoms with van der Waals surface area (Å²) in [6.07, 6.45) is 1.56. The van der Waals surface area contributed by atoms with E-state index in [4.69, 9.17) is 8.94 Å². The smallest absolute Gasteiger partial charge is 0.276 e. The van der Waals surface area contributed by atoms with E-state index in [0.717, 1.165) is 0 Å². The molecule has 0 spiro atoms. The molecule has 0 saturated carbocycles. The first-order valence-electron chi connectivity index (χ1n) is 5.46. The van der Waals surface area contributed by atoms with Gasteiger partial charge in [0.05, 0.1) is 6.26 Å². The van der Waals surface area contributed by atoms with Gasteiger partial charge in [-0.25, -0.2) is 4.98 Å². The first-order chi connectivity index (χ1) is 9.22. The van der Waals surface area contributed by atoms with Crippen LogP contribution in [0.5, 0.6) is 0 Å². The number of amides is 1. The standard InChI is InChI=1S/C12H9N3O3S/c1-7-5-10(15-18-7)14-11(16)8-6-19-12(13-8)9-3-2-4-17-9/h2-6H,1H3,(H,14,15,16). The fourth-order valence-electron chi connectivity index (χ4n) is 1.50. The monoisotopic (exact) mass is 275 g/mol. The quantitative estimate of drug-likeness (QED) is 0.794. The Hall–Kier alpha value is -2.41. The highest BCUT2D eigenvalue weighted by Crippen LogP contribution is 2.24. The van der Waals surface area contributed by atoms with Crippen LogP contribution in [0.25, 0.3) is 10.8 Å². The number of anilines is 1. The topological polar surface area (TPSA) is 81.2 Å². The van der Waals surface area contributed by atoms with Crippen molar-refractivity contribution >= 4 is 23.1 Å². The molecular weight excluding hydrogens is 266 g/mol. The Labute approximate surface area is 112 Å². The van der Waals surface area contributed by atoms with Gasteiger partial charge in [-0.1, -0.05) is 5.16 Å². The number of furan rings is 1. The van der Waals surface area contributed by atoms with Gasteiger partial charge >= 0.3 is 0 Å². The van der Waals surface area contributed by atoms with Gasteiger partial charge in [0.1, 0.15) is 11.5 Å². The summed E-state index contributed by atoms with van der Waals surface area (Å²) < 4.78 is 10.1. The highest BCUT2D eigenvalue weighted by molar-refractivity contribution is 7.13. The minimum absolute atomic E-state index is 0.317. The van der Waals surface area contributed by atoms with Gasteiger partial charge < -0.3 is 14.3 Å². The number of aryl methyl sites for hydroxylation is 1. The zero-order valence-corrected chi connectivity index (χ0v) is 10.7. The van der Waals surface area contributed by atoms with Gasteiger partial charge in [0, 0.05) is 11.4 Å². The van der Waals surface area contributed by atoms with Crippen LogP contribution in [0.2, 0.25) is 0 Å². The molecular formula is C12H9N3O3S. The second-order valence-corrected chi connectivity index (χ2v) is 4.65. The number of hydrogen-bond donors (Lipinski definition) is 1. The highest BCUT2D eigenvalue weighted by Gasteiger charge is 2.14. The molecule has 0 aliphatic carbocycles. The lowest BCUT2D eigenvalue weighted by molar-refractivity contribution is 0.102. The molecule has 3 aromatic heterocycles. The largest absolute Gasteiger partial charge is 0.462 e. The third kappa shape index (κ3) is 2.41. The molecule has 3 rings (SSSR count). The van der Waals surface area contributed by atoms with E-state index in [-0.39, 0.29) is 5.91 Å². The number of hydrogen-bond acceptors (Lipinski definition) is 6. The van der Waals surface area contributed by atoms with Crippen LogP contribution in [0.1, 0.15) is 16.2 Å². The maximum Gasteiger partial charge on any atom is 0.276 e. The maximum absolute atomic E-state index is 11.9. The molecule has 0 atom stereocenters. The van der Waals surface area contributed by atoms with Crippen LogP contribution in [0.4, 0.5) is 5.82 Å². The van der Waals surface area contributed by atoms with E-state index in [9.17, 15) is 4.79 Å². The second-order valence-electron chi connectivity index (χ2n) is 3.79. The van der Waals surface area contributed by atoms with Crippen molar-refractivity contribution in [3.8, 4) is 10.8 Å². The molecule has 7 heteroatoms. The Balaban J connectivity index is 1.77. The SMILES string of the molecule is Cc1cc(NC(=O)c2csc(-c3ccco3)n2)no1. The predicted octanol–water partition coefficient (Wildman–Crippen LogP) is 2.95. The number of nitrogens with zero attached hydrogens (tertiary/aromatic N) is 2. The van der Waals surface area contributed by atoms with Crippen LogP contribution in [0.3, 0.4) is 0 Å². The number of carbonyl (C=O) groups is 1. The van der Waals surface area contributed by atoms with E-state index < -0.39 is 0 Å². The van der Waals surface area contributed by atoms with Gasteiger partial charge in [0.2, 0.25) is 0 Å². The summed E-state index contributed by atoms with van der Waals surface area (Å²) in [5.41, 5.74) is 0.317. The van der Waals surface area contributed by atoms with Crippen LogP contribution in [-0.4, -0.2) is 16.0 Å². The molecule has 3 aromatic rings. The molecule has 1 amide bonds. The number of rotatable bonds is 3. The van der Waals surface area contributed by atoms with E-state index in [1.165, 1.54) is 11.3 Å². The van der Waals surface area contributed by atoms with Crippen LogP contribution in [-0.2, 0) is 0 Å². The molecule has 96 valence electrons. The molecule has 0 bridgehead atoms. The lowest BCUT2D eigenvalue weighted by atomic mass is 10.4. The Morgan fingerprint density at radius 1 is 1.47 bits per heavy atom. The predicted molar refractivity (Wildman–Crippen MR) is 69.0 cm³/mol. The fraction of sp³-hybridized carbons (Fsp3) is 0.0833. The average Bonchev–Trinajstić information content (AvgIpc) is 3.08. The lowest BCUT2D eigenvalue weighted by Crippen LogP contribution is -2.12. The summed E-state index contributed by atoms with van der Waals surface area (Å²) in [5.74, 6) is 1.31. The summed E-state index contributed by atoms with van der Waals surface area (Å²) in [6, 6.07) is 5.20. The van der Waals surface area contributed by atoms with Gasteiger partial charge in [-0.05, 0) is 19.1 Å². The van der Waals surface area contributed by atoms with Crippen molar-refractivity contribution in [2.24, 2.45) is 0 Å². The van der Waals surface area contributed by atoms with Crippen molar-refractivity contribution in [2.45, 2.75) is 6.92 Å². The van der Waals surface area contributed by atoms with Crippen molar-refractivity contribution in [3.05, 3.63) is 41.3 Å². The molecule has 3 heterocycles. The molecule has 6 nitrogen and oxygen atoms in total. The first-order valence-corrected chi connectivity index (χ1v) is 6.34. The minimum atomic E-state index is -0.331. The molecule has 0 radical (unpaired) electrons. The minimum Gasteiger partial charge on any atom is -0.462 e. The average molecular weight is 275 g/mol. The Morgan fingerprint density at radius 2 is 2.37 bits per heavy atom. The van der Waals surface area contributed by atoms with E-state index in [2.05, 4.69) is 15.5 Å². The molecule has 0 aromatic carbocycles. The number of carbonyl (C=O) groups excluding carboxylic acids is 1. The summed E-state index contributed by atoms with van der Waals surface area (Å²) >= 11 is 1.34. The first kappa shape index (κ1) is 11.7. The Kier molecular flexibility index (Phi) is 2.88. The van der Waals surface area contributed by atoms with E-state index in [0.29, 0.717) is 28.0 Å². The van der Waals surface area contributed by atoms with E-state index >= 15 is 0 Å². The van der Waals surface area contributed by atoms with Crippen molar-refractivity contribution < 1.29 is 13.7 Å². The van der Waals surface area contributed by atoms with Gasteiger partial charge in [-0.2, -0.15) is 0 Å². The van der Waals surface area contributed by atoms with Crippen LogP contribution in [0.15, 0.2) is 38.8 Å². The maximum atomic E-state index is 11.9. The molecule has 0 fully saturated rings. The molecule has 19 heavy (non-hydrogen) atoms. The summed E-state index contributed by atoms with van der Waals surface area (Å²) in [5, 5.41) is 8.62. The number of nitrogens with one attached hydrogen (secondary N) is 1. The van der Waals surface area contributed by atoms with Gasteiger partial charge in [0.25, 0.3) is 5.91 Å². The van der Waals surface area contributed by atoms with E-state index in [1.54, 1.807) is 36.8 Å². The zero-order valence-electron chi connectivity index (χ0n) is 9.91. The second kappa shape index (κ2) is 4.69. The Bertz CT molecular complexity index is 699. The zero-order chi connectivity index (χ0) is 13.2. The lowest BCUT2D eigenvalue weighted by Gasteiger charge is -1.96. The summed E-state index contributed by atoms with van der Waals surface area (Å²) in [4.78, 5) is 16.1. The van der Waals surface area contributed by atoms with Crippen molar-refractivity contribution in [1.29, 1.82) is 0 Å². The van der Waals surface area contributed by atoms with E-state index in [1.807, 2.05) is 0 Å². The normalized spacial score (nSPS) is 10.6. The highest BCUT2D eigenvalue weighted by atomic mass is 32.1. The van der Waals surface area contributed by atoms with Crippen LogP contribution in [0, 0.1) is 6.92 Å². The fourth-order valence-corrected chi connectivity index (χ4v) is 2.26.